The molecule has 5 nitrogen and oxygen atoms in total. The average Bonchev–Trinajstić information content (AvgIpc) is 2.94. The Bertz CT molecular complexity index is 1020. The van der Waals surface area contributed by atoms with Crippen LogP contribution in [0.2, 0.25) is 0 Å². The number of nitrogens with one attached hydrogen (secondary N) is 1. The van der Waals surface area contributed by atoms with Crippen LogP contribution in [0.25, 0.3) is 0 Å². The molecule has 0 unspecified atom stereocenters. The zero-order chi connectivity index (χ0) is 21.0. The summed E-state index contributed by atoms with van der Waals surface area (Å²) < 4.78 is 7.14. The summed E-state index contributed by atoms with van der Waals surface area (Å²) >= 11 is 0. The van der Waals surface area contributed by atoms with Crippen molar-refractivity contribution in [3.63, 3.8) is 0 Å². The van der Waals surface area contributed by atoms with Crippen LogP contribution in [0.1, 0.15) is 50.2 Å². The van der Waals surface area contributed by atoms with E-state index in [1.165, 1.54) is 0 Å². The Balaban J connectivity index is 2.02. The maximum absolute atomic E-state index is 13.1. The minimum atomic E-state index is -0.418. The number of carbonyl (C=O) groups is 2. The summed E-state index contributed by atoms with van der Waals surface area (Å²) in [4.78, 5) is 25.7. The standard InChI is InChI=1S/C24H26N2O3/c1-5-29-24(28)22-17(3)21(23(27)25-20-13-11-16(2)12-14-20)18(4)26(22)15-19-9-7-6-8-10-19/h6-14H,5,15H2,1-4H3,(H,25,27). The summed E-state index contributed by atoms with van der Waals surface area (Å²) in [7, 11) is 0. The number of carbonyl (C=O) groups excluding carboxylic acids is 2. The second-order valence-corrected chi connectivity index (χ2v) is 7.05. The molecule has 0 radical (unpaired) electrons. The highest BCUT2D eigenvalue weighted by Crippen LogP contribution is 2.25. The molecule has 0 aliphatic rings. The van der Waals surface area contributed by atoms with E-state index in [1.54, 1.807) is 13.8 Å². The molecule has 29 heavy (non-hydrogen) atoms. The third kappa shape index (κ3) is 4.40. The smallest absolute Gasteiger partial charge is 0.355 e. The monoisotopic (exact) mass is 390 g/mol. The van der Waals surface area contributed by atoms with Crippen LogP contribution in [-0.2, 0) is 11.3 Å². The lowest BCUT2D eigenvalue weighted by Crippen LogP contribution is -2.15. The molecule has 0 aliphatic heterocycles. The van der Waals surface area contributed by atoms with E-state index in [-0.39, 0.29) is 12.5 Å². The lowest BCUT2D eigenvalue weighted by molar-refractivity contribution is 0.0513. The molecule has 0 bridgehead atoms. The Morgan fingerprint density at radius 2 is 1.62 bits per heavy atom. The highest BCUT2D eigenvalue weighted by Gasteiger charge is 2.27. The van der Waals surface area contributed by atoms with Crippen molar-refractivity contribution in [3.05, 3.63) is 88.2 Å². The average molecular weight is 390 g/mol. The van der Waals surface area contributed by atoms with Crippen LogP contribution in [0.3, 0.4) is 0 Å². The number of anilines is 1. The van der Waals surface area contributed by atoms with Crippen LogP contribution < -0.4 is 5.32 Å². The maximum atomic E-state index is 13.1. The van der Waals surface area contributed by atoms with Crippen molar-refractivity contribution in [3.8, 4) is 0 Å². The number of ether oxygens (including phenoxy) is 1. The summed E-state index contributed by atoms with van der Waals surface area (Å²) in [6.45, 7) is 8.19. The molecule has 1 heterocycles. The number of hydrogen-bond donors (Lipinski definition) is 1. The number of aromatic nitrogens is 1. The number of hydrogen-bond acceptors (Lipinski definition) is 3. The molecule has 1 amide bonds. The van der Waals surface area contributed by atoms with E-state index in [4.69, 9.17) is 4.74 Å². The first-order chi connectivity index (χ1) is 13.9. The van der Waals surface area contributed by atoms with Gasteiger partial charge in [0.1, 0.15) is 5.69 Å². The molecule has 1 aromatic heterocycles. The Morgan fingerprint density at radius 3 is 2.24 bits per heavy atom. The molecule has 0 atom stereocenters. The third-order valence-corrected chi connectivity index (χ3v) is 4.96. The Labute approximate surface area is 171 Å². The van der Waals surface area contributed by atoms with Gasteiger partial charge in [-0.15, -0.1) is 0 Å². The van der Waals surface area contributed by atoms with E-state index in [2.05, 4.69) is 5.32 Å². The fourth-order valence-corrected chi connectivity index (χ4v) is 3.49. The first kappa shape index (κ1) is 20.4. The van der Waals surface area contributed by atoms with Gasteiger partial charge in [-0.25, -0.2) is 4.79 Å². The Hall–Kier alpha value is -3.34. The molecule has 0 saturated carbocycles. The molecular weight excluding hydrogens is 364 g/mol. The lowest BCUT2D eigenvalue weighted by Gasteiger charge is -2.12. The van der Waals surface area contributed by atoms with Gasteiger partial charge in [0.2, 0.25) is 0 Å². The molecule has 0 aliphatic carbocycles. The molecule has 150 valence electrons. The van der Waals surface area contributed by atoms with Crippen LogP contribution in [0.4, 0.5) is 5.69 Å². The minimum Gasteiger partial charge on any atom is -0.461 e. The van der Waals surface area contributed by atoms with Gasteiger partial charge in [0, 0.05) is 17.9 Å². The van der Waals surface area contributed by atoms with Crippen molar-refractivity contribution in [2.24, 2.45) is 0 Å². The number of nitrogens with zero attached hydrogens (tertiary/aromatic N) is 1. The van der Waals surface area contributed by atoms with Crippen molar-refractivity contribution in [2.45, 2.75) is 34.2 Å². The molecule has 3 rings (SSSR count). The number of aryl methyl sites for hydroxylation is 1. The van der Waals surface area contributed by atoms with Crippen molar-refractivity contribution in [1.82, 2.24) is 4.57 Å². The van der Waals surface area contributed by atoms with Crippen molar-refractivity contribution in [1.29, 1.82) is 0 Å². The van der Waals surface area contributed by atoms with Crippen molar-refractivity contribution in [2.75, 3.05) is 11.9 Å². The number of esters is 1. The van der Waals surface area contributed by atoms with Gasteiger partial charge in [-0.3, -0.25) is 4.79 Å². The van der Waals surface area contributed by atoms with E-state index in [1.807, 2.05) is 73.0 Å². The molecule has 5 heteroatoms. The predicted octanol–water partition coefficient (Wildman–Crippen LogP) is 4.89. The van der Waals surface area contributed by atoms with Crippen molar-refractivity contribution < 1.29 is 14.3 Å². The first-order valence-electron chi connectivity index (χ1n) is 9.71. The maximum Gasteiger partial charge on any atom is 0.355 e. The van der Waals surface area contributed by atoms with Crippen LogP contribution in [0, 0.1) is 20.8 Å². The number of rotatable bonds is 6. The summed E-state index contributed by atoms with van der Waals surface area (Å²) in [5.74, 6) is -0.653. The van der Waals surface area contributed by atoms with E-state index in [0.717, 1.165) is 16.8 Å². The zero-order valence-corrected chi connectivity index (χ0v) is 17.3. The quantitative estimate of drug-likeness (QED) is 0.610. The van der Waals surface area contributed by atoms with E-state index >= 15 is 0 Å². The first-order valence-corrected chi connectivity index (χ1v) is 9.71. The molecule has 0 fully saturated rings. The second kappa shape index (κ2) is 8.78. The molecule has 0 saturated heterocycles. The minimum absolute atomic E-state index is 0.235. The summed E-state index contributed by atoms with van der Waals surface area (Å²) in [6.07, 6.45) is 0. The fraction of sp³-hybridized carbons (Fsp3) is 0.250. The van der Waals surface area contributed by atoms with Gasteiger partial charge in [0.05, 0.1) is 12.2 Å². The summed E-state index contributed by atoms with van der Waals surface area (Å²) in [5.41, 5.74) is 5.16. The molecule has 1 N–H and O–H groups in total. The summed E-state index contributed by atoms with van der Waals surface area (Å²) in [6, 6.07) is 17.5. The van der Waals surface area contributed by atoms with Gasteiger partial charge < -0.3 is 14.6 Å². The van der Waals surface area contributed by atoms with E-state index in [9.17, 15) is 9.59 Å². The zero-order valence-electron chi connectivity index (χ0n) is 17.3. The Kier molecular flexibility index (Phi) is 6.17. The number of amides is 1. The van der Waals surface area contributed by atoms with Gasteiger partial charge in [0.15, 0.2) is 0 Å². The normalized spacial score (nSPS) is 10.6. The van der Waals surface area contributed by atoms with Crippen molar-refractivity contribution >= 4 is 17.6 Å². The van der Waals surface area contributed by atoms with Gasteiger partial charge in [-0.05, 0) is 51.0 Å². The number of benzene rings is 2. The van der Waals surface area contributed by atoms with Gasteiger partial charge in [0.25, 0.3) is 5.91 Å². The van der Waals surface area contributed by atoms with Crippen LogP contribution in [0.5, 0.6) is 0 Å². The van der Waals surface area contributed by atoms with E-state index in [0.29, 0.717) is 29.1 Å². The lowest BCUT2D eigenvalue weighted by atomic mass is 10.1. The molecular formula is C24H26N2O3. The highest BCUT2D eigenvalue weighted by atomic mass is 16.5. The molecule has 2 aromatic carbocycles. The summed E-state index contributed by atoms with van der Waals surface area (Å²) in [5, 5.41) is 2.94. The fourth-order valence-electron chi connectivity index (χ4n) is 3.49. The highest BCUT2D eigenvalue weighted by molar-refractivity contribution is 6.08. The SMILES string of the molecule is CCOC(=O)c1c(C)c(C(=O)Nc2ccc(C)cc2)c(C)n1Cc1ccccc1. The molecule has 0 spiro atoms. The van der Waals surface area contributed by atoms with Crippen LogP contribution in [-0.4, -0.2) is 23.1 Å². The third-order valence-electron chi connectivity index (χ3n) is 4.96. The van der Waals surface area contributed by atoms with E-state index < -0.39 is 5.97 Å². The van der Waals surface area contributed by atoms with Crippen LogP contribution in [0.15, 0.2) is 54.6 Å². The molecule has 3 aromatic rings. The Morgan fingerprint density at radius 1 is 0.966 bits per heavy atom. The van der Waals surface area contributed by atoms with Gasteiger partial charge in [-0.1, -0.05) is 48.0 Å². The largest absolute Gasteiger partial charge is 0.461 e. The van der Waals surface area contributed by atoms with Gasteiger partial charge in [-0.2, -0.15) is 0 Å². The van der Waals surface area contributed by atoms with Gasteiger partial charge >= 0.3 is 5.97 Å². The second-order valence-electron chi connectivity index (χ2n) is 7.05. The van der Waals surface area contributed by atoms with Crippen LogP contribution >= 0.6 is 0 Å². The topological polar surface area (TPSA) is 60.3 Å². The predicted molar refractivity (Wildman–Crippen MR) is 115 cm³/mol.